The Morgan fingerprint density at radius 1 is 1.21 bits per heavy atom. The summed E-state index contributed by atoms with van der Waals surface area (Å²) in [6.07, 6.45) is 2.91. The van der Waals surface area contributed by atoms with E-state index in [4.69, 9.17) is 0 Å². The number of benzene rings is 1. The lowest BCUT2D eigenvalue weighted by Crippen LogP contribution is -2.27. The maximum absolute atomic E-state index is 12.8. The first kappa shape index (κ1) is 22.2. The van der Waals surface area contributed by atoms with E-state index < -0.39 is 0 Å². The van der Waals surface area contributed by atoms with Gasteiger partial charge in [0, 0.05) is 43.4 Å². The van der Waals surface area contributed by atoms with E-state index in [9.17, 15) is 9.59 Å². The standard InChI is InChI=1S/C22H31N3O2S/c1-16(2)15-23-20(26)12-8-9-13-28-22-24-17(3)19(21(27)25(22)4)14-18-10-6-5-7-11-18/h5-7,10-11,16H,8-9,12-15H2,1-4H3,(H,23,26). The Hall–Kier alpha value is -2.08. The van der Waals surface area contributed by atoms with E-state index in [1.165, 1.54) is 0 Å². The minimum absolute atomic E-state index is 0.0203. The van der Waals surface area contributed by atoms with Crippen LogP contribution in [0.4, 0.5) is 0 Å². The van der Waals surface area contributed by atoms with Crippen molar-refractivity contribution in [2.24, 2.45) is 13.0 Å². The highest BCUT2D eigenvalue weighted by molar-refractivity contribution is 7.99. The Kier molecular flexibility index (Phi) is 8.77. The SMILES string of the molecule is Cc1nc(SCCCCC(=O)NCC(C)C)n(C)c(=O)c1Cc1ccccc1. The van der Waals surface area contributed by atoms with E-state index in [1.807, 2.05) is 37.3 Å². The Morgan fingerprint density at radius 2 is 1.93 bits per heavy atom. The molecule has 0 aliphatic heterocycles. The molecule has 1 heterocycles. The molecule has 0 saturated heterocycles. The van der Waals surface area contributed by atoms with Gasteiger partial charge in [-0.15, -0.1) is 0 Å². The number of carbonyl (C=O) groups excluding carboxylic acids is 1. The Balaban J connectivity index is 1.88. The van der Waals surface area contributed by atoms with Crippen molar-refractivity contribution in [1.82, 2.24) is 14.9 Å². The maximum Gasteiger partial charge on any atom is 0.257 e. The molecule has 152 valence electrons. The summed E-state index contributed by atoms with van der Waals surface area (Å²) >= 11 is 1.58. The lowest BCUT2D eigenvalue weighted by atomic mass is 10.1. The molecule has 6 heteroatoms. The summed E-state index contributed by atoms with van der Waals surface area (Å²) in [5.41, 5.74) is 2.68. The number of nitrogens with one attached hydrogen (secondary N) is 1. The molecule has 1 aromatic heterocycles. The van der Waals surface area contributed by atoms with E-state index in [-0.39, 0.29) is 11.5 Å². The van der Waals surface area contributed by atoms with Crippen LogP contribution in [0.3, 0.4) is 0 Å². The van der Waals surface area contributed by atoms with Gasteiger partial charge in [0.1, 0.15) is 0 Å². The van der Waals surface area contributed by atoms with Gasteiger partial charge in [0.2, 0.25) is 5.91 Å². The van der Waals surface area contributed by atoms with Gasteiger partial charge in [-0.25, -0.2) is 4.98 Å². The van der Waals surface area contributed by atoms with E-state index in [1.54, 1.807) is 23.4 Å². The van der Waals surface area contributed by atoms with Crippen molar-refractivity contribution in [2.45, 2.75) is 51.6 Å². The normalized spacial score (nSPS) is 11.0. The van der Waals surface area contributed by atoms with Crippen molar-refractivity contribution in [1.29, 1.82) is 0 Å². The molecule has 0 bridgehead atoms. The molecule has 0 fully saturated rings. The van der Waals surface area contributed by atoms with E-state index >= 15 is 0 Å². The molecule has 2 aromatic rings. The van der Waals surface area contributed by atoms with Gasteiger partial charge < -0.3 is 5.32 Å². The van der Waals surface area contributed by atoms with Crippen LogP contribution >= 0.6 is 11.8 Å². The van der Waals surface area contributed by atoms with Crippen LogP contribution in [0.2, 0.25) is 0 Å². The zero-order valence-electron chi connectivity index (χ0n) is 17.3. The van der Waals surface area contributed by atoms with Gasteiger partial charge in [-0.2, -0.15) is 0 Å². The third kappa shape index (κ3) is 6.82. The summed E-state index contributed by atoms with van der Waals surface area (Å²) in [6.45, 7) is 6.81. The minimum atomic E-state index is 0.0203. The first-order valence-corrected chi connectivity index (χ1v) is 10.9. The number of unbranched alkanes of at least 4 members (excludes halogenated alkanes) is 1. The summed E-state index contributed by atoms with van der Waals surface area (Å²) in [4.78, 5) is 29.2. The van der Waals surface area contributed by atoms with Crippen LogP contribution in [0.15, 0.2) is 40.3 Å². The van der Waals surface area contributed by atoms with Crippen molar-refractivity contribution in [3.05, 3.63) is 57.5 Å². The number of hydrogen-bond donors (Lipinski definition) is 1. The predicted octanol–water partition coefficient (Wildman–Crippen LogP) is 3.71. The highest BCUT2D eigenvalue weighted by Gasteiger charge is 2.13. The number of rotatable bonds is 10. The second-order valence-corrected chi connectivity index (χ2v) is 8.55. The van der Waals surface area contributed by atoms with E-state index in [2.05, 4.69) is 24.1 Å². The molecule has 0 aliphatic carbocycles. The summed E-state index contributed by atoms with van der Waals surface area (Å²) in [5.74, 6) is 1.43. The molecule has 0 saturated carbocycles. The van der Waals surface area contributed by atoms with Gasteiger partial charge in [-0.1, -0.05) is 55.9 Å². The smallest absolute Gasteiger partial charge is 0.257 e. The number of aryl methyl sites for hydroxylation is 1. The van der Waals surface area contributed by atoms with Gasteiger partial charge in [-0.3, -0.25) is 14.2 Å². The van der Waals surface area contributed by atoms with Crippen molar-refractivity contribution in [3.8, 4) is 0 Å². The van der Waals surface area contributed by atoms with E-state index in [0.29, 0.717) is 18.8 Å². The number of amides is 1. The summed E-state index contributed by atoms with van der Waals surface area (Å²) in [6, 6.07) is 9.99. The van der Waals surface area contributed by atoms with Crippen LogP contribution in [0.25, 0.3) is 0 Å². The van der Waals surface area contributed by atoms with Crippen LogP contribution < -0.4 is 10.9 Å². The second-order valence-electron chi connectivity index (χ2n) is 7.49. The van der Waals surface area contributed by atoms with Crippen molar-refractivity contribution in [2.75, 3.05) is 12.3 Å². The monoisotopic (exact) mass is 401 g/mol. The molecule has 28 heavy (non-hydrogen) atoms. The second kappa shape index (κ2) is 11.1. The van der Waals surface area contributed by atoms with Crippen molar-refractivity contribution >= 4 is 17.7 Å². The van der Waals surface area contributed by atoms with Crippen LogP contribution in [-0.2, 0) is 18.3 Å². The molecule has 1 amide bonds. The average Bonchev–Trinajstić information content (AvgIpc) is 2.67. The fourth-order valence-electron chi connectivity index (χ4n) is 2.82. The highest BCUT2D eigenvalue weighted by atomic mass is 32.2. The van der Waals surface area contributed by atoms with Crippen molar-refractivity contribution in [3.63, 3.8) is 0 Å². The minimum Gasteiger partial charge on any atom is -0.356 e. The lowest BCUT2D eigenvalue weighted by molar-refractivity contribution is -0.121. The number of hydrogen-bond acceptors (Lipinski definition) is 4. The molecule has 0 aliphatic rings. The summed E-state index contributed by atoms with van der Waals surface area (Å²) in [7, 11) is 1.78. The average molecular weight is 402 g/mol. The largest absolute Gasteiger partial charge is 0.356 e. The molecule has 0 spiro atoms. The van der Waals surface area contributed by atoms with Crippen molar-refractivity contribution < 1.29 is 4.79 Å². The first-order chi connectivity index (χ1) is 13.4. The summed E-state index contributed by atoms with van der Waals surface area (Å²) < 4.78 is 1.64. The molecular weight excluding hydrogens is 370 g/mol. The Labute approximate surface area is 172 Å². The topological polar surface area (TPSA) is 64.0 Å². The molecule has 0 unspecified atom stereocenters. The third-order valence-corrected chi connectivity index (χ3v) is 5.63. The molecule has 5 nitrogen and oxygen atoms in total. The molecule has 1 aromatic carbocycles. The number of nitrogens with zero attached hydrogens (tertiary/aromatic N) is 2. The number of aromatic nitrogens is 2. The zero-order chi connectivity index (χ0) is 20.5. The van der Waals surface area contributed by atoms with Gasteiger partial charge >= 0.3 is 0 Å². The molecule has 0 radical (unpaired) electrons. The predicted molar refractivity (Wildman–Crippen MR) is 116 cm³/mol. The molecule has 0 atom stereocenters. The van der Waals surface area contributed by atoms with Crippen LogP contribution in [-0.4, -0.2) is 27.8 Å². The Bertz CT molecular complexity index is 832. The fraction of sp³-hybridized carbons (Fsp3) is 0.500. The molecular formula is C22H31N3O2S. The van der Waals surface area contributed by atoms with E-state index in [0.717, 1.165) is 47.1 Å². The van der Waals surface area contributed by atoms with Gasteiger partial charge in [0.15, 0.2) is 5.16 Å². The molecule has 1 N–H and O–H groups in total. The maximum atomic E-state index is 12.8. The third-order valence-electron chi connectivity index (χ3n) is 4.51. The quantitative estimate of drug-likeness (QED) is 0.374. The van der Waals surface area contributed by atoms with Gasteiger partial charge in [0.25, 0.3) is 5.56 Å². The van der Waals surface area contributed by atoms with Gasteiger partial charge in [0.05, 0.1) is 0 Å². The lowest BCUT2D eigenvalue weighted by Gasteiger charge is -2.12. The van der Waals surface area contributed by atoms with Crippen LogP contribution in [0.5, 0.6) is 0 Å². The van der Waals surface area contributed by atoms with Crippen LogP contribution in [0, 0.1) is 12.8 Å². The highest BCUT2D eigenvalue weighted by Crippen LogP contribution is 2.18. The number of carbonyl (C=O) groups is 1. The first-order valence-electron chi connectivity index (χ1n) is 9.88. The Morgan fingerprint density at radius 3 is 2.61 bits per heavy atom. The number of thioether (sulfide) groups is 1. The van der Waals surface area contributed by atoms with Gasteiger partial charge in [-0.05, 0) is 31.2 Å². The summed E-state index contributed by atoms with van der Waals surface area (Å²) in [5, 5.41) is 3.68. The zero-order valence-corrected chi connectivity index (χ0v) is 18.1. The van der Waals surface area contributed by atoms with Crippen LogP contribution in [0.1, 0.15) is 49.9 Å². The fourth-order valence-corrected chi connectivity index (χ4v) is 3.83. The molecule has 2 rings (SSSR count).